The minimum atomic E-state index is -1.97. The predicted octanol–water partition coefficient (Wildman–Crippen LogP) is 3.48. The number of carbonyl (C=O) groups is 1. The van der Waals surface area contributed by atoms with Crippen LogP contribution in [0, 0.1) is 17.1 Å². The van der Waals surface area contributed by atoms with Crippen molar-refractivity contribution in [1.82, 2.24) is 0 Å². The highest BCUT2D eigenvalue weighted by atomic mass is 19.1. The maximum atomic E-state index is 13.8. The number of nitriles is 1. The molecule has 4 rings (SSSR count). The molecule has 27 heavy (non-hydrogen) atoms. The van der Waals surface area contributed by atoms with E-state index in [9.17, 15) is 19.6 Å². The van der Waals surface area contributed by atoms with Gasteiger partial charge in [-0.05, 0) is 29.8 Å². The molecule has 0 bridgehead atoms. The second-order valence-electron chi connectivity index (χ2n) is 6.40. The molecule has 1 amide bonds. The molecule has 3 aromatic carbocycles. The topological polar surface area (TPSA) is 64.3 Å². The van der Waals surface area contributed by atoms with Gasteiger partial charge >= 0.3 is 0 Å². The molecule has 1 unspecified atom stereocenters. The van der Waals surface area contributed by atoms with Crippen molar-refractivity contribution < 1.29 is 14.3 Å². The first-order valence-electron chi connectivity index (χ1n) is 8.43. The number of fused-ring (bicyclic) bond motifs is 1. The van der Waals surface area contributed by atoms with Crippen LogP contribution in [0.15, 0.2) is 72.8 Å². The molecule has 0 fully saturated rings. The number of para-hydroxylation sites is 1. The maximum Gasteiger partial charge on any atom is 0.268 e. The van der Waals surface area contributed by atoms with E-state index in [4.69, 9.17) is 0 Å². The molecule has 4 nitrogen and oxygen atoms in total. The molecular weight excluding hydrogens is 343 g/mol. The van der Waals surface area contributed by atoms with E-state index in [1.807, 2.05) is 0 Å². The molecule has 0 aromatic heterocycles. The van der Waals surface area contributed by atoms with Crippen LogP contribution in [0.5, 0.6) is 0 Å². The average molecular weight is 358 g/mol. The highest BCUT2D eigenvalue weighted by Crippen LogP contribution is 2.45. The summed E-state index contributed by atoms with van der Waals surface area (Å²) in [5.74, 6) is -1.10. The molecule has 0 saturated heterocycles. The molecule has 1 aliphatic heterocycles. The molecule has 0 radical (unpaired) electrons. The Labute approximate surface area is 155 Å². The van der Waals surface area contributed by atoms with Crippen molar-refractivity contribution in [3.8, 4) is 6.07 Å². The lowest BCUT2D eigenvalue weighted by Gasteiger charge is -2.24. The quantitative estimate of drug-likeness (QED) is 0.780. The van der Waals surface area contributed by atoms with Gasteiger partial charge in [0.05, 0.1) is 23.9 Å². The first-order valence-corrected chi connectivity index (χ1v) is 8.43. The van der Waals surface area contributed by atoms with E-state index in [0.29, 0.717) is 22.4 Å². The van der Waals surface area contributed by atoms with E-state index in [1.54, 1.807) is 48.5 Å². The van der Waals surface area contributed by atoms with E-state index >= 15 is 0 Å². The van der Waals surface area contributed by atoms with Crippen molar-refractivity contribution in [1.29, 1.82) is 5.26 Å². The zero-order valence-electron chi connectivity index (χ0n) is 14.3. The SMILES string of the molecule is N#Cc1ccccc1CN1C(=O)C(O)(c2cccc(F)c2)c2ccccc21. The van der Waals surface area contributed by atoms with Crippen molar-refractivity contribution in [3.63, 3.8) is 0 Å². The van der Waals surface area contributed by atoms with Crippen LogP contribution in [-0.2, 0) is 16.9 Å². The van der Waals surface area contributed by atoms with Gasteiger partial charge in [-0.2, -0.15) is 5.26 Å². The standard InChI is InChI=1S/C22H15FN2O2/c23-18-9-5-8-17(12-18)22(27)19-10-3-4-11-20(19)25(21(22)26)14-16-7-2-1-6-15(16)13-24/h1-12,27H,14H2. The fraction of sp³-hybridized carbons (Fsp3) is 0.0909. The van der Waals surface area contributed by atoms with Crippen LogP contribution in [-0.4, -0.2) is 11.0 Å². The number of hydrogen-bond acceptors (Lipinski definition) is 3. The molecule has 0 spiro atoms. The Morgan fingerprint density at radius 2 is 1.78 bits per heavy atom. The molecule has 3 aromatic rings. The summed E-state index contributed by atoms with van der Waals surface area (Å²) in [4.78, 5) is 14.7. The first kappa shape index (κ1) is 17.0. The van der Waals surface area contributed by atoms with Gasteiger partial charge in [-0.15, -0.1) is 0 Å². The van der Waals surface area contributed by atoms with Crippen LogP contribution in [0.25, 0.3) is 0 Å². The van der Waals surface area contributed by atoms with E-state index in [0.717, 1.165) is 0 Å². The summed E-state index contributed by atoms with van der Waals surface area (Å²) in [6, 6.07) is 21.4. The monoisotopic (exact) mass is 358 g/mol. The van der Waals surface area contributed by atoms with Gasteiger partial charge in [0.2, 0.25) is 0 Å². The van der Waals surface area contributed by atoms with E-state index < -0.39 is 17.3 Å². The summed E-state index contributed by atoms with van der Waals surface area (Å²) in [6.45, 7) is 0.136. The van der Waals surface area contributed by atoms with Gasteiger partial charge in [0.15, 0.2) is 5.60 Å². The summed E-state index contributed by atoms with van der Waals surface area (Å²) >= 11 is 0. The molecule has 5 heteroatoms. The Bertz CT molecular complexity index is 1090. The number of benzene rings is 3. The number of hydrogen-bond donors (Lipinski definition) is 1. The molecule has 1 atom stereocenters. The second-order valence-corrected chi connectivity index (χ2v) is 6.40. The Balaban J connectivity index is 1.84. The zero-order chi connectivity index (χ0) is 19.0. The largest absolute Gasteiger partial charge is 0.372 e. The molecule has 1 N–H and O–H groups in total. The van der Waals surface area contributed by atoms with Gasteiger partial charge < -0.3 is 10.0 Å². The normalized spacial score (nSPS) is 18.3. The number of rotatable bonds is 3. The molecule has 0 aliphatic carbocycles. The number of amides is 1. The minimum absolute atomic E-state index is 0.136. The molecular formula is C22H15FN2O2. The van der Waals surface area contributed by atoms with Gasteiger partial charge in [0.1, 0.15) is 5.82 Å². The van der Waals surface area contributed by atoms with Gasteiger partial charge in [-0.1, -0.05) is 48.5 Å². The Morgan fingerprint density at radius 3 is 2.56 bits per heavy atom. The smallest absolute Gasteiger partial charge is 0.268 e. The van der Waals surface area contributed by atoms with Crippen LogP contribution in [0.3, 0.4) is 0 Å². The first-order chi connectivity index (χ1) is 13.1. The Morgan fingerprint density at radius 1 is 1.04 bits per heavy atom. The lowest BCUT2D eigenvalue weighted by molar-refractivity contribution is -0.132. The van der Waals surface area contributed by atoms with Crippen LogP contribution >= 0.6 is 0 Å². The van der Waals surface area contributed by atoms with Crippen molar-refractivity contribution in [2.24, 2.45) is 0 Å². The highest BCUT2D eigenvalue weighted by Gasteiger charge is 2.51. The van der Waals surface area contributed by atoms with E-state index in [-0.39, 0.29) is 12.1 Å². The van der Waals surface area contributed by atoms with Gasteiger partial charge in [0, 0.05) is 11.1 Å². The maximum absolute atomic E-state index is 13.8. The summed E-state index contributed by atoms with van der Waals surface area (Å²) in [6.07, 6.45) is 0. The molecule has 132 valence electrons. The fourth-order valence-electron chi connectivity index (χ4n) is 3.52. The third-order valence-electron chi connectivity index (χ3n) is 4.85. The van der Waals surface area contributed by atoms with Gasteiger partial charge in [0.25, 0.3) is 5.91 Å². The van der Waals surface area contributed by atoms with Crippen molar-refractivity contribution in [2.75, 3.05) is 4.90 Å². The Kier molecular flexibility index (Phi) is 3.98. The highest BCUT2D eigenvalue weighted by molar-refractivity contribution is 6.09. The summed E-state index contributed by atoms with van der Waals surface area (Å²) in [5.41, 5.74) is 0.281. The van der Waals surface area contributed by atoms with Crippen molar-refractivity contribution in [2.45, 2.75) is 12.1 Å². The fourth-order valence-corrected chi connectivity index (χ4v) is 3.52. The van der Waals surface area contributed by atoms with Crippen LogP contribution in [0.4, 0.5) is 10.1 Å². The van der Waals surface area contributed by atoms with Crippen LogP contribution < -0.4 is 4.90 Å². The number of carbonyl (C=O) groups excluding carboxylic acids is 1. The van der Waals surface area contributed by atoms with Gasteiger partial charge in [-0.25, -0.2) is 4.39 Å². The number of nitrogens with zero attached hydrogens (tertiary/aromatic N) is 2. The summed E-state index contributed by atoms with van der Waals surface area (Å²) in [7, 11) is 0. The molecule has 0 saturated carbocycles. The van der Waals surface area contributed by atoms with Crippen molar-refractivity contribution in [3.05, 3.63) is 101 Å². The lowest BCUT2D eigenvalue weighted by atomic mass is 9.87. The lowest BCUT2D eigenvalue weighted by Crippen LogP contribution is -2.41. The summed E-state index contributed by atoms with van der Waals surface area (Å²) in [5, 5.41) is 20.7. The third kappa shape index (κ3) is 2.59. The minimum Gasteiger partial charge on any atom is -0.372 e. The molecule has 1 heterocycles. The molecule has 1 aliphatic rings. The van der Waals surface area contributed by atoms with Crippen molar-refractivity contribution >= 4 is 11.6 Å². The summed E-state index contributed by atoms with van der Waals surface area (Å²) < 4.78 is 13.8. The van der Waals surface area contributed by atoms with Gasteiger partial charge in [-0.3, -0.25) is 4.79 Å². The predicted molar refractivity (Wildman–Crippen MR) is 98.2 cm³/mol. The second kappa shape index (κ2) is 6.35. The number of anilines is 1. The van der Waals surface area contributed by atoms with Crippen LogP contribution in [0.1, 0.15) is 22.3 Å². The zero-order valence-corrected chi connectivity index (χ0v) is 14.3. The average Bonchev–Trinajstić information content (AvgIpc) is 2.91. The van der Waals surface area contributed by atoms with Crippen LogP contribution in [0.2, 0.25) is 0 Å². The third-order valence-corrected chi connectivity index (χ3v) is 4.85. The van der Waals surface area contributed by atoms with E-state index in [1.165, 1.54) is 29.2 Å². The van der Waals surface area contributed by atoms with E-state index in [2.05, 4.69) is 6.07 Å². The number of aliphatic hydroxyl groups is 1. The number of halogens is 1. The Hall–Kier alpha value is -3.49.